The lowest BCUT2D eigenvalue weighted by Gasteiger charge is -2.35. The highest BCUT2D eigenvalue weighted by Crippen LogP contribution is 2.38. The lowest BCUT2D eigenvalue weighted by molar-refractivity contribution is 0.630. The minimum atomic E-state index is 0.319. The summed E-state index contributed by atoms with van der Waals surface area (Å²) in [5, 5.41) is 0. The summed E-state index contributed by atoms with van der Waals surface area (Å²) in [6.07, 6.45) is 3.87. The summed E-state index contributed by atoms with van der Waals surface area (Å²) in [6, 6.07) is 1.93. The number of hydrogen-bond acceptors (Lipinski definition) is 8. The zero-order valence-electron chi connectivity index (χ0n) is 12.6. The Kier molecular flexibility index (Phi) is 3.72. The van der Waals surface area contributed by atoms with Gasteiger partial charge in [-0.05, 0) is 28.8 Å². The first-order chi connectivity index (χ1) is 11.2. The number of piperazine rings is 1. The van der Waals surface area contributed by atoms with Crippen molar-refractivity contribution in [1.29, 1.82) is 0 Å². The number of nitrogen functional groups attached to an aromatic ring is 1. The van der Waals surface area contributed by atoms with Gasteiger partial charge in [0.1, 0.15) is 22.6 Å². The molecule has 0 aromatic carbocycles. The molecule has 1 aliphatic carbocycles. The average Bonchev–Trinajstić information content (AvgIpc) is 3.39. The molecule has 9 heteroatoms. The summed E-state index contributed by atoms with van der Waals surface area (Å²) in [7, 11) is 0. The smallest absolute Gasteiger partial charge is 0.230 e. The standard InChI is InChI=1S/C14H17BrN8/c15-10-7-11(18-8-17-10)22-3-5-23(6-4-22)14-20-12(9-1-2-9)19-13(16)21-14/h7-9H,1-6H2,(H2,16,19,20,21). The molecule has 0 unspecified atom stereocenters. The highest BCUT2D eigenvalue weighted by Gasteiger charge is 2.29. The van der Waals surface area contributed by atoms with Crippen LogP contribution in [0, 0.1) is 0 Å². The summed E-state index contributed by atoms with van der Waals surface area (Å²) in [5.74, 6) is 3.26. The van der Waals surface area contributed by atoms with E-state index in [1.165, 1.54) is 0 Å². The van der Waals surface area contributed by atoms with E-state index in [1.807, 2.05) is 6.07 Å². The van der Waals surface area contributed by atoms with E-state index >= 15 is 0 Å². The lowest BCUT2D eigenvalue weighted by atomic mass is 10.3. The number of halogens is 1. The van der Waals surface area contributed by atoms with Crippen LogP contribution in [0.3, 0.4) is 0 Å². The maximum absolute atomic E-state index is 5.85. The molecule has 2 fully saturated rings. The minimum absolute atomic E-state index is 0.319. The molecule has 0 radical (unpaired) electrons. The predicted molar refractivity (Wildman–Crippen MR) is 90.4 cm³/mol. The van der Waals surface area contributed by atoms with E-state index < -0.39 is 0 Å². The Balaban J connectivity index is 1.47. The van der Waals surface area contributed by atoms with E-state index in [9.17, 15) is 0 Å². The van der Waals surface area contributed by atoms with Crippen molar-refractivity contribution in [3.63, 3.8) is 0 Å². The fourth-order valence-corrected chi connectivity index (χ4v) is 2.99. The fraction of sp³-hybridized carbons (Fsp3) is 0.500. The largest absolute Gasteiger partial charge is 0.368 e. The fourth-order valence-electron chi connectivity index (χ4n) is 2.70. The second-order valence-electron chi connectivity index (χ2n) is 5.80. The third-order valence-corrected chi connectivity index (χ3v) is 4.54. The quantitative estimate of drug-likeness (QED) is 0.798. The predicted octanol–water partition coefficient (Wildman–Crippen LogP) is 1.21. The van der Waals surface area contributed by atoms with Crippen LogP contribution in [0.4, 0.5) is 17.7 Å². The Morgan fingerprint density at radius 2 is 1.74 bits per heavy atom. The van der Waals surface area contributed by atoms with Crippen molar-refractivity contribution in [3.8, 4) is 0 Å². The van der Waals surface area contributed by atoms with Crippen LogP contribution in [0.1, 0.15) is 24.6 Å². The van der Waals surface area contributed by atoms with Crippen molar-refractivity contribution in [3.05, 3.63) is 22.8 Å². The second-order valence-corrected chi connectivity index (χ2v) is 6.61. The molecule has 0 amide bonds. The maximum atomic E-state index is 5.85. The zero-order valence-corrected chi connectivity index (χ0v) is 14.1. The van der Waals surface area contributed by atoms with Gasteiger partial charge in [0.15, 0.2) is 0 Å². The first-order valence-electron chi connectivity index (χ1n) is 7.68. The molecular weight excluding hydrogens is 360 g/mol. The molecule has 23 heavy (non-hydrogen) atoms. The van der Waals surface area contributed by atoms with Gasteiger partial charge in [0, 0.05) is 38.2 Å². The van der Waals surface area contributed by atoms with Crippen LogP contribution < -0.4 is 15.5 Å². The summed E-state index contributed by atoms with van der Waals surface area (Å²) in [5.41, 5.74) is 5.85. The van der Waals surface area contributed by atoms with Gasteiger partial charge in [0.2, 0.25) is 11.9 Å². The van der Waals surface area contributed by atoms with E-state index in [1.54, 1.807) is 6.33 Å². The summed E-state index contributed by atoms with van der Waals surface area (Å²) >= 11 is 3.38. The van der Waals surface area contributed by atoms with Crippen molar-refractivity contribution < 1.29 is 0 Å². The Morgan fingerprint density at radius 1 is 1.00 bits per heavy atom. The van der Waals surface area contributed by atoms with Crippen LogP contribution in [0.2, 0.25) is 0 Å². The molecule has 0 spiro atoms. The van der Waals surface area contributed by atoms with Crippen LogP contribution in [0.25, 0.3) is 0 Å². The van der Waals surface area contributed by atoms with Crippen molar-refractivity contribution in [2.24, 2.45) is 0 Å². The van der Waals surface area contributed by atoms with Gasteiger partial charge in [-0.1, -0.05) is 0 Å². The van der Waals surface area contributed by atoms with Crippen molar-refractivity contribution in [2.45, 2.75) is 18.8 Å². The third kappa shape index (κ3) is 3.19. The normalized spacial score (nSPS) is 18.3. The molecule has 0 bridgehead atoms. The highest BCUT2D eigenvalue weighted by atomic mass is 79.9. The molecule has 2 aliphatic rings. The summed E-state index contributed by atoms with van der Waals surface area (Å²) in [6.45, 7) is 3.37. The molecule has 3 heterocycles. The van der Waals surface area contributed by atoms with Crippen molar-refractivity contribution in [1.82, 2.24) is 24.9 Å². The number of rotatable bonds is 3. The number of aromatic nitrogens is 5. The van der Waals surface area contributed by atoms with Gasteiger partial charge >= 0.3 is 0 Å². The van der Waals surface area contributed by atoms with Crippen LogP contribution in [0.5, 0.6) is 0 Å². The van der Waals surface area contributed by atoms with E-state index in [-0.39, 0.29) is 0 Å². The topological polar surface area (TPSA) is 97.0 Å². The molecular formula is C14H17BrN8. The van der Waals surface area contributed by atoms with Crippen LogP contribution in [-0.2, 0) is 0 Å². The van der Waals surface area contributed by atoms with E-state index in [0.717, 1.165) is 55.3 Å². The SMILES string of the molecule is Nc1nc(C2CC2)nc(N2CCN(c3cc(Br)ncn3)CC2)n1. The molecule has 2 N–H and O–H groups in total. The molecule has 4 rings (SSSR count). The number of nitrogens with two attached hydrogens (primary N) is 1. The summed E-state index contributed by atoms with van der Waals surface area (Å²) in [4.78, 5) is 26.0. The number of hydrogen-bond donors (Lipinski definition) is 1. The summed E-state index contributed by atoms with van der Waals surface area (Å²) < 4.78 is 0.796. The molecule has 1 saturated heterocycles. The third-order valence-electron chi connectivity index (χ3n) is 4.11. The van der Waals surface area contributed by atoms with Gasteiger partial charge in [-0.2, -0.15) is 15.0 Å². The van der Waals surface area contributed by atoms with Gasteiger partial charge in [0.25, 0.3) is 0 Å². The zero-order chi connectivity index (χ0) is 15.8. The van der Waals surface area contributed by atoms with Crippen LogP contribution in [0.15, 0.2) is 17.0 Å². The molecule has 2 aromatic rings. The molecule has 8 nitrogen and oxygen atoms in total. The van der Waals surface area contributed by atoms with Crippen molar-refractivity contribution in [2.75, 3.05) is 41.7 Å². The Morgan fingerprint density at radius 3 is 2.43 bits per heavy atom. The maximum Gasteiger partial charge on any atom is 0.230 e. The molecule has 2 aromatic heterocycles. The molecule has 1 aliphatic heterocycles. The first kappa shape index (κ1) is 14.6. The van der Waals surface area contributed by atoms with Crippen molar-refractivity contribution >= 4 is 33.6 Å². The molecule has 1 saturated carbocycles. The van der Waals surface area contributed by atoms with E-state index in [2.05, 4.69) is 50.6 Å². The molecule has 120 valence electrons. The van der Waals surface area contributed by atoms with Gasteiger partial charge < -0.3 is 15.5 Å². The van der Waals surface area contributed by atoms with Gasteiger partial charge in [0.05, 0.1) is 0 Å². The first-order valence-corrected chi connectivity index (χ1v) is 8.47. The average molecular weight is 377 g/mol. The number of anilines is 3. The van der Waals surface area contributed by atoms with Gasteiger partial charge in [-0.25, -0.2) is 9.97 Å². The second kappa shape index (κ2) is 5.88. The Hall–Kier alpha value is -2.03. The monoisotopic (exact) mass is 376 g/mol. The van der Waals surface area contributed by atoms with Gasteiger partial charge in [-0.15, -0.1) is 0 Å². The Bertz CT molecular complexity index is 712. The number of nitrogens with zero attached hydrogens (tertiary/aromatic N) is 7. The van der Waals surface area contributed by atoms with Crippen LogP contribution >= 0.6 is 15.9 Å². The van der Waals surface area contributed by atoms with E-state index in [4.69, 9.17) is 5.73 Å². The lowest BCUT2D eigenvalue weighted by Crippen LogP contribution is -2.47. The van der Waals surface area contributed by atoms with Crippen LogP contribution in [-0.4, -0.2) is 51.1 Å². The minimum Gasteiger partial charge on any atom is -0.368 e. The van der Waals surface area contributed by atoms with E-state index in [0.29, 0.717) is 17.8 Å². The molecule has 0 atom stereocenters. The Labute approximate surface area is 142 Å². The van der Waals surface area contributed by atoms with Gasteiger partial charge in [-0.3, -0.25) is 0 Å². The highest BCUT2D eigenvalue weighted by molar-refractivity contribution is 9.10.